The molecule has 2 rings (SSSR count). The molecule has 0 aromatic heterocycles. The first-order valence-electron chi connectivity index (χ1n) is 5.54. The van der Waals surface area contributed by atoms with Gasteiger partial charge in [-0.3, -0.25) is 5.32 Å². The van der Waals surface area contributed by atoms with E-state index in [9.17, 15) is 0 Å². The van der Waals surface area contributed by atoms with Crippen LogP contribution in [0, 0.1) is 0 Å². The van der Waals surface area contributed by atoms with Crippen molar-refractivity contribution in [2.24, 2.45) is 0 Å². The van der Waals surface area contributed by atoms with Gasteiger partial charge in [-0.25, -0.2) is 0 Å². The lowest BCUT2D eigenvalue weighted by Crippen LogP contribution is -2.32. The van der Waals surface area contributed by atoms with Gasteiger partial charge in [0.15, 0.2) is 0 Å². The summed E-state index contributed by atoms with van der Waals surface area (Å²) >= 11 is 0. The average Bonchev–Trinajstić information content (AvgIpc) is 2.66. The van der Waals surface area contributed by atoms with E-state index >= 15 is 0 Å². The summed E-state index contributed by atoms with van der Waals surface area (Å²) in [6.45, 7) is 7.05. The number of benzene rings is 1. The van der Waals surface area contributed by atoms with Gasteiger partial charge in [0.25, 0.3) is 0 Å². The summed E-state index contributed by atoms with van der Waals surface area (Å²) < 4.78 is 5.42. The highest BCUT2D eigenvalue weighted by molar-refractivity contribution is 5.50. The van der Waals surface area contributed by atoms with Crippen LogP contribution in [0.25, 0.3) is 0 Å². The smallest absolute Gasteiger partial charge is 0.119 e. The van der Waals surface area contributed by atoms with E-state index in [-0.39, 0.29) is 0 Å². The first kappa shape index (κ1) is 10.3. The highest BCUT2D eigenvalue weighted by atomic mass is 16.5. The maximum atomic E-state index is 5.42. The molecule has 1 heterocycles. The lowest BCUT2D eigenvalue weighted by molar-refractivity contribution is 0.340. The Bertz CT molecular complexity index is 310. The van der Waals surface area contributed by atoms with Gasteiger partial charge in [0.2, 0.25) is 0 Å². The Morgan fingerprint density at radius 3 is 2.67 bits per heavy atom. The normalized spacial score (nSPS) is 20.7. The first-order chi connectivity index (χ1) is 7.31. The van der Waals surface area contributed by atoms with Crippen molar-refractivity contribution in [2.45, 2.75) is 20.0 Å². The molecule has 1 aliphatic rings. The largest absolute Gasteiger partial charge is 0.494 e. The van der Waals surface area contributed by atoms with Crippen molar-refractivity contribution < 1.29 is 4.74 Å². The quantitative estimate of drug-likeness (QED) is 0.816. The summed E-state index contributed by atoms with van der Waals surface area (Å²) in [4.78, 5) is 2.36. The molecule has 1 unspecified atom stereocenters. The third-order valence-corrected chi connectivity index (χ3v) is 2.74. The molecule has 15 heavy (non-hydrogen) atoms. The predicted molar refractivity (Wildman–Crippen MR) is 62.4 cm³/mol. The van der Waals surface area contributed by atoms with Gasteiger partial charge in [0, 0.05) is 18.8 Å². The van der Waals surface area contributed by atoms with Crippen molar-refractivity contribution in [2.75, 3.05) is 24.6 Å². The zero-order valence-corrected chi connectivity index (χ0v) is 9.36. The van der Waals surface area contributed by atoms with E-state index in [0.29, 0.717) is 6.17 Å². The summed E-state index contributed by atoms with van der Waals surface area (Å²) in [7, 11) is 0. The molecule has 0 bridgehead atoms. The van der Waals surface area contributed by atoms with Crippen molar-refractivity contribution in [3.8, 4) is 5.75 Å². The Labute approximate surface area is 91.0 Å². The summed E-state index contributed by atoms with van der Waals surface area (Å²) in [6.07, 6.45) is 0.433. The highest BCUT2D eigenvalue weighted by Gasteiger charge is 2.19. The van der Waals surface area contributed by atoms with Gasteiger partial charge >= 0.3 is 0 Å². The molecule has 1 aromatic carbocycles. The van der Waals surface area contributed by atoms with Gasteiger partial charge in [0.05, 0.1) is 12.8 Å². The fraction of sp³-hybridized carbons (Fsp3) is 0.500. The monoisotopic (exact) mass is 206 g/mol. The van der Waals surface area contributed by atoms with E-state index in [4.69, 9.17) is 4.74 Å². The van der Waals surface area contributed by atoms with E-state index in [0.717, 1.165) is 25.4 Å². The second-order valence-corrected chi connectivity index (χ2v) is 3.75. The summed E-state index contributed by atoms with van der Waals surface area (Å²) in [5.74, 6) is 0.945. The van der Waals surface area contributed by atoms with Crippen LogP contribution in [-0.2, 0) is 0 Å². The Morgan fingerprint density at radius 2 is 2.13 bits per heavy atom. The summed E-state index contributed by atoms with van der Waals surface area (Å²) in [5.41, 5.74) is 1.26. The van der Waals surface area contributed by atoms with Crippen LogP contribution in [0.5, 0.6) is 5.75 Å². The third kappa shape index (κ3) is 2.23. The number of rotatable bonds is 3. The molecule has 0 saturated carbocycles. The van der Waals surface area contributed by atoms with E-state index in [2.05, 4.69) is 29.3 Å². The molecule has 1 aromatic rings. The van der Waals surface area contributed by atoms with Crippen LogP contribution in [-0.4, -0.2) is 25.9 Å². The van der Waals surface area contributed by atoms with Gasteiger partial charge in [-0.2, -0.15) is 0 Å². The predicted octanol–water partition coefficient (Wildman–Crippen LogP) is 1.84. The third-order valence-electron chi connectivity index (χ3n) is 2.74. The topological polar surface area (TPSA) is 24.5 Å². The molecule has 1 atom stereocenters. The van der Waals surface area contributed by atoms with Crippen LogP contribution in [0.4, 0.5) is 5.69 Å². The van der Waals surface area contributed by atoms with E-state index in [1.165, 1.54) is 5.69 Å². The van der Waals surface area contributed by atoms with E-state index < -0.39 is 0 Å². The van der Waals surface area contributed by atoms with Crippen LogP contribution in [0.2, 0.25) is 0 Å². The van der Waals surface area contributed by atoms with Crippen LogP contribution >= 0.6 is 0 Å². The highest BCUT2D eigenvalue weighted by Crippen LogP contribution is 2.21. The Kier molecular flexibility index (Phi) is 3.11. The molecule has 82 valence electrons. The van der Waals surface area contributed by atoms with Crippen LogP contribution < -0.4 is 15.0 Å². The van der Waals surface area contributed by atoms with Crippen LogP contribution in [0.3, 0.4) is 0 Å². The molecule has 0 spiro atoms. The molecule has 1 saturated heterocycles. The van der Waals surface area contributed by atoms with Gasteiger partial charge in [-0.05, 0) is 38.1 Å². The molecule has 1 aliphatic heterocycles. The van der Waals surface area contributed by atoms with Crippen LogP contribution in [0.1, 0.15) is 13.8 Å². The molecular formula is C12H18N2O. The van der Waals surface area contributed by atoms with Gasteiger partial charge < -0.3 is 9.64 Å². The Morgan fingerprint density at radius 1 is 1.40 bits per heavy atom. The SMILES string of the molecule is CCOc1ccc(N2CCNC2C)cc1. The molecule has 3 heteroatoms. The van der Waals surface area contributed by atoms with E-state index in [1.807, 2.05) is 19.1 Å². The van der Waals surface area contributed by atoms with Crippen molar-refractivity contribution in [3.63, 3.8) is 0 Å². The van der Waals surface area contributed by atoms with Crippen LogP contribution in [0.15, 0.2) is 24.3 Å². The minimum absolute atomic E-state index is 0.433. The number of anilines is 1. The number of hydrogen-bond acceptors (Lipinski definition) is 3. The average molecular weight is 206 g/mol. The Balaban J connectivity index is 2.09. The number of nitrogens with one attached hydrogen (secondary N) is 1. The molecule has 0 amide bonds. The first-order valence-corrected chi connectivity index (χ1v) is 5.54. The molecular weight excluding hydrogens is 188 g/mol. The zero-order valence-electron chi connectivity index (χ0n) is 9.36. The van der Waals surface area contributed by atoms with Gasteiger partial charge in [0.1, 0.15) is 5.75 Å². The zero-order chi connectivity index (χ0) is 10.7. The minimum Gasteiger partial charge on any atom is -0.494 e. The van der Waals surface area contributed by atoms with Gasteiger partial charge in [-0.1, -0.05) is 0 Å². The maximum absolute atomic E-state index is 5.42. The maximum Gasteiger partial charge on any atom is 0.119 e. The van der Waals surface area contributed by atoms with Crippen molar-refractivity contribution in [1.29, 1.82) is 0 Å². The summed E-state index contributed by atoms with van der Waals surface area (Å²) in [6, 6.07) is 8.30. The fourth-order valence-electron chi connectivity index (χ4n) is 1.95. The molecule has 1 N–H and O–H groups in total. The molecule has 0 aliphatic carbocycles. The molecule has 1 fully saturated rings. The van der Waals surface area contributed by atoms with Crippen molar-refractivity contribution in [1.82, 2.24) is 5.32 Å². The van der Waals surface area contributed by atoms with Gasteiger partial charge in [-0.15, -0.1) is 0 Å². The van der Waals surface area contributed by atoms with Crippen molar-refractivity contribution in [3.05, 3.63) is 24.3 Å². The minimum atomic E-state index is 0.433. The number of ether oxygens (including phenoxy) is 1. The number of nitrogens with zero attached hydrogens (tertiary/aromatic N) is 1. The second-order valence-electron chi connectivity index (χ2n) is 3.75. The Hall–Kier alpha value is -1.22. The van der Waals surface area contributed by atoms with Crippen molar-refractivity contribution >= 4 is 5.69 Å². The second kappa shape index (κ2) is 4.53. The lowest BCUT2D eigenvalue weighted by Gasteiger charge is -2.23. The lowest BCUT2D eigenvalue weighted by atomic mass is 10.2. The van der Waals surface area contributed by atoms with E-state index in [1.54, 1.807) is 0 Å². The molecule has 0 radical (unpaired) electrons. The fourth-order valence-corrected chi connectivity index (χ4v) is 1.95. The molecule has 3 nitrogen and oxygen atoms in total. The number of hydrogen-bond donors (Lipinski definition) is 1. The standard InChI is InChI=1S/C12H18N2O/c1-3-15-12-6-4-11(5-7-12)14-9-8-13-10(14)2/h4-7,10,13H,3,8-9H2,1-2H3. The summed E-state index contributed by atoms with van der Waals surface area (Å²) in [5, 5.41) is 3.40.